The number of aryl methyl sites for hydroxylation is 1. The maximum atomic E-state index is 12.6. The number of amides is 1. The van der Waals surface area contributed by atoms with Gasteiger partial charge in [-0.05, 0) is 78.4 Å². The van der Waals surface area contributed by atoms with Crippen molar-refractivity contribution in [3.63, 3.8) is 0 Å². The lowest BCUT2D eigenvalue weighted by Crippen LogP contribution is -2.23. The average molecular weight is 442 g/mol. The van der Waals surface area contributed by atoms with Crippen LogP contribution in [0, 0.1) is 6.92 Å². The summed E-state index contributed by atoms with van der Waals surface area (Å²) in [6, 6.07) is 20.6. The van der Waals surface area contributed by atoms with E-state index >= 15 is 0 Å². The van der Waals surface area contributed by atoms with Crippen LogP contribution in [0.3, 0.4) is 0 Å². The van der Waals surface area contributed by atoms with Crippen LogP contribution in [0.15, 0.2) is 84.0 Å². The van der Waals surface area contributed by atoms with E-state index in [4.69, 9.17) is 0 Å². The first-order chi connectivity index (χ1) is 15.5. The van der Waals surface area contributed by atoms with E-state index in [1.54, 1.807) is 36.3 Å². The number of aromatic nitrogens is 2. The second-order valence-electron chi connectivity index (χ2n) is 7.35. The zero-order valence-corrected chi connectivity index (χ0v) is 18.7. The lowest BCUT2D eigenvalue weighted by atomic mass is 10.0. The van der Waals surface area contributed by atoms with Gasteiger partial charge in [0, 0.05) is 28.4 Å². The predicted molar refractivity (Wildman–Crippen MR) is 129 cm³/mol. The predicted octanol–water partition coefficient (Wildman–Crippen LogP) is 5.48. The topological polar surface area (TPSA) is 75.1 Å². The number of pyridine rings is 2. The molecule has 0 atom stereocenters. The molecule has 0 aliphatic carbocycles. The Labute approximate surface area is 191 Å². The maximum absolute atomic E-state index is 12.6. The first-order valence-electron chi connectivity index (χ1n) is 10.2. The Morgan fingerprint density at radius 1 is 0.969 bits per heavy atom. The molecule has 0 radical (unpaired) electrons. The molecular weight excluding hydrogens is 418 g/mol. The van der Waals surface area contributed by atoms with Crippen LogP contribution in [0.5, 0.6) is 5.75 Å². The number of thioether (sulfide) groups is 1. The van der Waals surface area contributed by atoms with Gasteiger partial charge in [0.25, 0.3) is 5.91 Å². The van der Waals surface area contributed by atoms with E-state index in [0.717, 1.165) is 27.3 Å². The number of carbonyl (C=O) groups is 1. The van der Waals surface area contributed by atoms with Gasteiger partial charge < -0.3 is 10.4 Å². The number of rotatable bonds is 6. The van der Waals surface area contributed by atoms with Gasteiger partial charge in [0.05, 0.1) is 17.9 Å². The molecule has 0 saturated heterocycles. The summed E-state index contributed by atoms with van der Waals surface area (Å²) in [6.45, 7) is 2.36. The molecule has 6 heteroatoms. The first-order valence-corrected chi connectivity index (χ1v) is 11.4. The first kappa shape index (κ1) is 21.6. The Bertz CT molecular complexity index is 1270. The molecule has 2 aromatic carbocycles. The number of nitrogens with one attached hydrogen (secondary N) is 1. The number of phenols is 1. The minimum Gasteiger partial charge on any atom is -0.507 e. The highest BCUT2D eigenvalue weighted by Gasteiger charge is 2.10. The Morgan fingerprint density at radius 3 is 2.50 bits per heavy atom. The standard InChI is InChI=1S/C26H23N3O2S/c1-17-7-8-20(15-25(17)32-2)26(31)29-16-21-13-18(9-11-27-21)19-10-12-28-23(14-19)22-5-3-4-6-24(22)30/h3-15,30H,16H2,1-2H3,(H,29,31). The Hall–Kier alpha value is -3.64. The molecule has 2 aromatic heterocycles. The van der Waals surface area contributed by atoms with Gasteiger partial charge in [0.2, 0.25) is 0 Å². The van der Waals surface area contributed by atoms with Crippen molar-refractivity contribution in [2.45, 2.75) is 18.4 Å². The minimum absolute atomic E-state index is 0.127. The van der Waals surface area contributed by atoms with Gasteiger partial charge in [0.15, 0.2) is 0 Å². The molecule has 0 saturated carbocycles. The van der Waals surface area contributed by atoms with Crippen LogP contribution in [0.25, 0.3) is 22.4 Å². The molecule has 0 spiro atoms. The number of phenolic OH excluding ortho intramolecular Hbond substituents is 1. The molecule has 0 unspecified atom stereocenters. The zero-order chi connectivity index (χ0) is 22.5. The molecule has 2 N–H and O–H groups in total. The van der Waals surface area contributed by atoms with Crippen LogP contribution < -0.4 is 5.32 Å². The monoisotopic (exact) mass is 441 g/mol. The van der Waals surface area contributed by atoms with Crippen LogP contribution in [0.4, 0.5) is 0 Å². The molecule has 5 nitrogen and oxygen atoms in total. The van der Waals surface area contributed by atoms with Crippen LogP contribution >= 0.6 is 11.8 Å². The second-order valence-corrected chi connectivity index (χ2v) is 8.20. The molecule has 2 heterocycles. The fourth-order valence-corrected chi connectivity index (χ4v) is 4.07. The molecule has 4 aromatic rings. The van der Waals surface area contributed by atoms with Gasteiger partial charge in [-0.25, -0.2) is 0 Å². The van der Waals surface area contributed by atoms with Gasteiger partial charge in [-0.2, -0.15) is 0 Å². The van der Waals surface area contributed by atoms with Crippen LogP contribution in [-0.2, 0) is 6.54 Å². The van der Waals surface area contributed by atoms with Gasteiger partial charge in [-0.3, -0.25) is 14.8 Å². The van der Waals surface area contributed by atoms with Crippen LogP contribution in [-0.4, -0.2) is 27.2 Å². The average Bonchev–Trinajstić information content (AvgIpc) is 2.83. The fraction of sp³-hybridized carbons (Fsp3) is 0.115. The number of carbonyl (C=O) groups excluding carboxylic acids is 1. The lowest BCUT2D eigenvalue weighted by molar-refractivity contribution is 0.0950. The number of hydrogen-bond acceptors (Lipinski definition) is 5. The maximum Gasteiger partial charge on any atom is 0.251 e. The third-order valence-corrected chi connectivity index (χ3v) is 6.07. The largest absolute Gasteiger partial charge is 0.507 e. The third-order valence-electron chi connectivity index (χ3n) is 5.19. The van der Waals surface area contributed by atoms with Gasteiger partial charge in [0.1, 0.15) is 5.75 Å². The van der Waals surface area contributed by atoms with Crippen molar-refractivity contribution in [1.29, 1.82) is 0 Å². The SMILES string of the molecule is CSc1cc(C(=O)NCc2cc(-c3ccnc(-c4ccccc4O)c3)ccn2)ccc1C. The third kappa shape index (κ3) is 4.81. The van der Waals surface area contributed by atoms with Gasteiger partial charge in [-0.15, -0.1) is 11.8 Å². The van der Waals surface area contributed by atoms with Crippen molar-refractivity contribution in [2.75, 3.05) is 6.26 Å². The minimum atomic E-state index is -0.127. The number of para-hydroxylation sites is 1. The van der Waals surface area contributed by atoms with E-state index in [1.165, 1.54) is 0 Å². The summed E-state index contributed by atoms with van der Waals surface area (Å²) in [5.74, 6) is 0.0641. The molecule has 160 valence electrons. The van der Waals surface area contributed by atoms with E-state index in [-0.39, 0.29) is 11.7 Å². The van der Waals surface area contributed by atoms with Crippen molar-refractivity contribution in [3.05, 3.63) is 95.9 Å². The molecule has 0 aliphatic heterocycles. The number of hydrogen-bond donors (Lipinski definition) is 2. The second kappa shape index (κ2) is 9.66. The van der Waals surface area contributed by atoms with Crippen LogP contribution in [0.1, 0.15) is 21.6 Å². The summed E-state index contributed by atoms with van der Waals surface area (Å²) in [6.07, 6.45) is 5.46. The Kier molecular flexibility index (Phi) is 6.52. The highest BCUT2D eigenvalue weighted by Crippen LogP contribution is 2.30. The summed E-state index contributed by atoms with van der Waals surface area (Å²) in [7, 11) is 0. The van der Waals surface area contributed by atoms with Crippen molar-refractivity contribution in [3.8, 4) is 28.1 Å². The van der Waals surface area contributed by atoms with Crippen LogP contribution in [0.2, 0.25) is 0 Å². The number of nitrogens with zero attached hydrogens (tertiary/aromatic N) is 2. The number of benzene rings is 2. The molecule has 32 heavy (non-hydrogen) atoms. The normalized spacial score (nSPS) is 10.7. The van der Waals surface area contributed by atoms with Crippen molar-refractivity contribution >= 4 is 17.7 Å². The van der Waals surface area contributed by atoms with Crippen molar-refractivity contribution in [1.82, 2.24) is 15.3 Å². The Morgan fingerprint density at radius 2 is 1.72 bits per heavy atom. The smallest absolute Gasteiger partial charge is 0.251 e. The molecule has 1 amide bonds. The lowest BCUT2D eigenvalue weighted by Gasteiger charge is -2.10. The molecule has 0 fully saturated rings. The van der Waals surface area contributed by atoms with E-state index in [1.807, 2.05) is 67.8 Å². The number of aromatic hydroxyl groups is 1. The van der Waals surface area contributed by atoms with Gasteiger partial charge >= 0.3 is 0 Å². The highest BCUT2D eigenvalue weighted by molar-refractivity contribution is 7.98. The molecular formula is C26H23N3O2S. The fourth-order valence-electron chi connectivity index (χ4n) is 3.44. The Balaban J connectivity index is 1.51. The molecule has 4 rings (SSSR count). The summed E-state index contributed by atoms with van der Waals surface area (Å²) < 4.78 is 0. The summed E-state index contributed by atoms with van der Waals surface area (Å²) in [5, 5.41) is 13.1. The highest BCUT2D eigenvalue weighted by atomic mass is 32.2. The molecule has 0 aliphatic rings. The van der Waals surface area contributed by atoms with Crippen molar-refractivity contribution in [2.24, 2.45) is 0 Å². The summed E-state index contributed by atoms with van der Waals surface area (Å²) in [4.78, 5) is 22.5. The molecule has 0 bridgehead atoms. The van der Waals surface area contributed by atoms with Gasteiger partial charge in [-0.1, -0.05) is 18.2 Å². The summed E-state index contributed by atoms with van der Waals surface area (Å²) >= 11 is 1.63. The van der Waals surface area contributed by atoms with E-state index in [9.17, 15) is 9.90 Å². The van der Waals surface area contributed by atoms with E-state index < -0.39 is 0 Å². The van der Waals surface area contributed by atoms with Crippen molar-refractivity contribution < 1.29 is 9.90 Å². The quantitative estimate of drug-likeness (QED) is 0.388. The summed E-state index contributed by atoms with van der Waals surface area (Å²) in [5.41, 5.74) is 5.84. The van der Waals surface area contributed by atoms with E-state index in [2.05, 4.69) is 15.3 Å². The van der Waals surface area contributed by atoms with E-state index in [0.29, 0.717) is 23.4 Å². The zero-order valence-electron chi connectivity index (χ0n) is 17.9.